The van der Waals surface area contributed by atoms with Crippen molar-refractivity contribution in [2.75, 3.05) is 33.9 Å². The van der Waals surface area contributed by atoms with Crippen LogP contribution in [0.15, 0.2) is 0 Å². The first-order valence-corrected chi connectivity index (χ1v) is 5.58. The van der Waals surface area contributed by atoms with E-state index in [0.717, 1.165) is 19.8 Å². The Morgan fingerprint density at radius 1 is 1.50 bits per heavy atom. The fourth-order valence-corrected chi connectivity index (χ4v) is 2.26. The summed E-state index contributed by atoms with van der Waals surface area (Å²) in [4.78, 5) is 2.45. The Morgan fingerprint density at radius 2 is 2.21 bits per heavy atom. The van der Waals surface area contributed by atoms with Gasteiger partial charge in [0.05, 0.1) is 12.1 Å². The number of rotatable bonds is 4. The predicted molar refractivity (Wildman–Crippen MR) is 59.6 cm³/mol. The summed E-state index contributed by atoms with van der Waals surface area (Å²) in [7, 11) is 4.22. The van der Waals surface area contributed by atoms with Crippen LogP contribution < -0.4 is 5.32 Å². The maximum Gasteiger partial charge on any atom is 0.0662 e. The molecule has 84 valence electrons. The highest BCUT2D eigenvalue weighted by Gasteiger charge is 2.37. The molecule has 1 aliphatic rings. The third-order valence-corrected chi connectivity index (χ3v) is 3.33. The van der Waals surface area contributed by atoms with Gasteiger partial charge in [-0.2, -0.15) is 0 Å². The highest BCUT2D eigenvalue weighted by atomic mass is 16.5. The Hall–Kier alpha value is -0.120. The highest BCUT2D eigenvalue weighted by molar-refractivity contribution is 4.94. The Morgan fingerprint density at radius 3 is 2.64 bits per heavy atom. The van der Waals surface area contributed by atoms with Crippen molar-refractivity contribution in [1.29, 1.82) is 0 Å². The summed E-state index contributed by atoms with van der Waals surface area (Å²) < 4.78 is 5.63. The first-order valence-electron chi connectivity index (χ1n) is 5.58. The van der Waals surface area contributed by atoms with Crippen LogP contribution >= 0.6 is 0 Å². The summed E-state index contributed by atoms with van der Waals surface area (Å²) >= 11 is 0. The number of likely N-dealkylation sites (N-methyl/N-ethyl adjacent to an activating group) is 2. The average Bonchev–Trinajstić information content (AvgIpc) is 2.18. The van der Waals surface area contributed by atoms with Crippen molar-refractivity contribution in [3.8, 4) is 0 Å². The van der Waals surface area contributed by atoms with E-state index in [-0.39, 0.29) is 5.54 Å². The molecule has 0 saturated carbocycles. The molecule has 3 heteroatoms. The Balaban J connectivity index is 2.68. The molecule has 1 unspecified atom stereocenters. The minimum Gasteiger partial charge on any atom is -0.379 e. The summed E-state index contributed by atoms with van der Waals surface area (Å²) in [6, 6.07) is 0.574. The van der Waals surface area contributed by atoms with E-state index in [9.17, 15) is 0 Å². The lowest BCUT2D eigenvalue weighted by Gasteiger charge is -2.46. The molecule has 0 amide bonds. The maximum absolute atomic E-state index is 5.63. The Bertz CT molecular complexity index is 159. The van der Waals surface area contributed by atoms with Crippen molar-refractivity contribution in [2.45, 2.75) is 38.3 Å². The second-order valence-electron chi connectivity index (χ2n) is 4.62. The van der Waals surface area contributed by atoms with Crippen LogP contribution in [0.5, 0.6) is 0 Å². The molecule has 0 aliphatic carbocycles. The molecule has 0 aromatic rings. The van der Waals surface area contributed by atoms with Crippen LogP contribution in [0.3, 0.4) is 0 Å². The third-order valence-electron chi connectivity index (χ3n) is 3.33. The van der Waals surface area contributed by atoms with E-state index >= 15 is 0 Å². The van der Waals surface area contributed by atoms with E-state index in [4.69, 9.17) is 4.74 Å². The molecule has 14 heavy (non-hydrogen) atoms. The van der Waals surface area contributed by atoms with Crippen LogP contribution in [-0.2, 0) is 4.74 Å². The van der Waals surface area contributed by atoms with Crippen LogP contribution in [0.4, 0.5) is 0 Å². The quantitative estimate of drug-likeness (QED) is 0.735. The molecule has 1 fully saturated rings. The molecule has 1 atom stereocenters. The molecular weight excluding hydrogens is 176 g/mol. The number of hydrogen-bond donors (Lipinski definition) is 1. The average molecular weight is 200 g/mol. The van der Waals surface area contributed by atoms with Gasteiger partial charge >= 0.3 is 0 Å². The van der Waals surface area contributed by atoms with E-state index in [1.165, 1.54) is 12.8 Å². The van der Waals surface area contributed by atoms with E-state index in [1.54, 1.807) is 0 Å². The van der Waals surface area contributed by atoms with Crippen molar-refractivity contribution in [3.63, 3.8) is 0 Å². The van der Waals surface area contributed by atoms with Gasteiger partial charge in [0.1, 0.15) is 0 Å². The summed E-state index contributed by atoms with van der Waals surface area (Å²) in [6.07, 6.45) is 2.42. The monoisotopic (exact) mass is 200 g/mol. The van der Waals surface area contributed by atoms with Gasteiger partial charge in [-0.25, -0.2) is 0 Å². The van der Waals surface area contributed by atoms with Crippen molar-refractivity contribution < 1.29 is 4.74 Å². The molecule has 1 saturated heterocycles. The first kappa shape index (κ1) is 12.0. The molecule has 3 nitrogen and oxygen atoms in total. The molecule has 0 bridgehead atoms. The summed E-state index contributed by atoms with van der Waals surface area (Å²) in [5.41, 5.74) is 0.209. The number of nitrogens with one attached hydrogen (secondary N) is 1. The summed E-state index contributed by atoms with van der Waals surface area (Å²) in [5.74, 6) is 0. The topological polar surface area (TPSA) is 24.5 Å². The molecule has 0 aromatic heterocycles. The summed E-state index contributed by atoms with van der Waals surface area (Å²) in [6.45, 7) is 7.29. The zero-order valence-electron chi connectivity index (χ0n) is 9.97. The lowest BCUT2D eigenvalue weighted by Crippen LogP contribution is -2.59. The predicted octanol–water partition coefficient (Wildman–Crippen LogP) is 1.10. The van der Waals surface area contributed by atoms with Gasteiger partial charge in [0.25, 0.3) is 0 Å². The van der Waals surface area contributed by atoms with Gasteiger partial charge in [-0.05, 0) is 40.8 Å². The van der Waals surface area contributed by atoms with Gasteiger partial charge in [0.15, 0.2) is 0 Å². The van der Waals surface area contributed by atoms with Crippen molar-refractivity contribution in [2.24, 2.45) is 0 Å². The molecule has 1 rings (SSSR count). The van der Waals surface area contributed by atoms with Crippen LogP contribution in [0.25, 0.3) is 0 Å². The maximum atomic E-state index is 5.63. The molecule has 1 aliphatic heterocycles. The molecular formula is C11H24N2O. The van der Waals surface area contributed by atoms with Gasteiger partial charge in [-0.3, -0.25) is 4.90 Å². The van der Waals surface area contributed by atoms with Gasteiger partial charge in [0, 0.05) is 19.2 Å². The van der Waals surface area contributed by atoms with Crippen molar-refractivity contribution in [1.82, 2.24) is 10.2 Å². The second kappa shape index (κ2) is 5.10. The lowest BCUT2D eigenvalue weighted by molar-refractivity contribution is -0.0488. The summed E-state index contributed by atoms with van der Waals surface area (Å²) in [5, 5.41) is 3.29. The van der Waals surface area contributed by atoms with Crippen LogP contribution in [0.2, 0.25) is 0 Å². The van der Waals surface area contributed by atoms with Gasteiger partial charge in [0.2, 0.25) is 0 Å². The molecule has 0 spiro atoms. The number of hydrogen-bond acceptors (Lipinski definition) is 3. The van der Waals surface area contributed by atoms with E-state index in [0.29, 0.717) is 6.04 Å². The zero-order chi connectivity index (χ0) is 10.6. The fourth-order valence-electron chi connectivity index (χ4n) is 2.26. The van der Waals surface area contributed by atoms with Crippen molar-refractivity contribution >= 4 is 0 Å². The second-order valence-corrected chi connectivity index (χ2v) is 4.62. The largest absolute Gasteiger partial charge is 0.379 e. The molecule has 1 N–H and O–H groups in total. The minimum atomic E-state index is 0.209. The standard InChI is InChI=1S/C11H24N2O/c1-10(2)13(4)11(8-12-3)6-5-7-14-9-11/h10,12H,5-9H2,1-4H3. The molecule has 1 heterocycles. The van der Waals surface area contributed by atoms with Gasteiger partial charge < -0.3 is 10.1 Å². The first-order chi connectivity index (χ1) is 6.62. The van der Waals surface area contributed by atoms with Gasteiger partial charge in [-0.15, -0.1) is 0 Å². The normalized spacial score (nSPS) is 28.7. The molecule has 0 radical (unpaired) electrons. The lowest BCUT2D eigenvalue weighted by atomic mass is 9.89. The van der Waals surface area contributed by atoms with Crippen LogP contribution in [-0.4, -0.2) is 50.3 Å². The number of ether oxygens (including phenoxy) is 1. The highest BCUT2D eigenvalue weighted by Crippen LogP contribution is 2.26. The van der Waals surface area contributed by atoms with E-state index in [2.05, 4.69) is 31.1 Å². The third kappa shape index (κ3) is 2.47. The Labute approximate surface area is 87.8 Å². The van der Waals surface area contributed by atoms with E-state index in [1.807, 2.05) is 7.05 Å². The van der Waals surface area contributed by atoms with Crippen LogP contribution in [0, 0.1) is 0 Å². The molecule has 0 aromatic carbocycles. The SMILES string of the molecule is CNCC1(N(C)C(C)C)CCCOC1. The van der Waals surface area contributed by atoms with E-state index < -0.39 is 0 Å². The van der Waals surface area contributed by atoms with Crippen molar-refractivity contribution in [3.05, 3.63) is 0 Å². The minimum absolute atomic E-state index is 0.209. The zero-order valence-corrected chi connectivity index (χ0v) is 9.97. The van der Waals surface area contributed by atoms with Gasteiger partial charge in [-0.1, -0.05) is 0 Å². The fraction of sp³-hybridized carbons (Fsp3) is 1.00. The number of nitrogens with zero attached hydrogens (tertiary/aromatic N) is 1. The Kier molecular flexibility index (Phi) is 4.35. The van der Waals surface area contributed by atoms with Crippen LogP contribution in [0.1, 0.15) is 26.7 Å². The smallest absolute Gasteiger partial charge is 0.0662 e.